The Balaban J connectivity index is 2.18. The summed E-state index contributed by atoms with van der Waals surface area (Å²) in [6.45, 7) is 2.83. The molecule has 1 unspecified atom stereocenters. The Morgan fingerprint density at radius 3 is 1.93 bits per heavy atom. The first-order valence-electron chi connectivity index (χ1n) is 11.1. The lowest BCUT2D eigenvalue weighted by Gasteiger charge is -2.14. The molecule has 1 aromatic rings. The molecule has 0 heterocycles. The summed E-state index contributed by atoms with van der Waals surface area (Å²) in [5.41, 5.74) is 0.503. The van der Waals surface area contributed by atoms with Gasteiger partial charge in [0.05, 0.1) is 13.7 Å². The molecular formula is C24H37ClO4. The molecule has 1 rings (SSSR count). The quantitative estimate of drug-likeness (QED) is 0.119. The van der Waals surface area contributed by atoms with Crippen LogP contribution in [0, 0.1) is 0 Å². The Kier molecular flexibility index (Phi) is 14.3. The summed E-state index contributed by atoms with van der Waals surface area (Å²) in [4.78, 5) is 23.4. The topological polar surface area (TPSA) is 52.6 Å². The number of alkyl halides is 1. The molecule has 0 fully saturated rings. The number of ether oxygens (including phenoxy) is 2. The van der Waals surface area contributed by atoms with Crippen molar-refractivity contribution in [3.05, 3.63) is 29.8 Å². The third kappa shape index (κ3) is 10.7. The van der Waals surface area contributed by atoms with Crippen molar-refractivity contribution in [3.8, 4) is 5.75 Å². The van der Waals surface area contributed by atoms with Crippen molar-refractivity contribution in [1.29, 1.82) is 0 Å². The normalized spacial score (nSPS) is 11.8. The maximum atomic E-state index is 12.0. The van der Waals surface area contributed by atoms with E-state index in [2.05, 4.69) is 11.7 Å². The minimum atomic E-state index is -1.10. The molecule has 29 heavy (non-hydrogen) atoms. The summed E-state index contributed by atoms with van der Waals surface area (Å²) < 4.78 is 10.3. The zero-order valence-electron chi connectivity index (χ0n) is 18.1. The Bertz CT molecular complexity index is 588. The van der Waals surface area contributed by atoms with Crippen LogP contribution in [0.3, 0.4) is 0 Å². The largest absolute Gasteiger partial charge is 0.493 e. The number of hydrogen-bond donors (Lipinski definition) is 0. The minimum absolute atomic E-state index is 0.503. The van der Waals surface area contributed by atoms with E-state index in [-0.39, 0.29) is 0 Å². The number of Topliss-reactive ketones (excluding diaryl/α,β-unsaturated/α-hetero) is 1. The van der Waals surface area contributed by atoms with Crippen LogP contribution < -0.4 is 4.74 Å². The van der Waals surface area contributed by atoms with Crippen LogP contribution in [0.5, 0.6) is 5.75 Å². The number of para-hydroxylation sites is 1. The summed E-state index contributed by atoms with van der Waals surface area (Å²) in [6.07, 6.45) is 15.5. The van der Waals surface area contributed by atoms with Crippen LogP contribution in [-0.2, 0) is 14.3 Å². The SMILES string of the molecule is CCCCCCCCCCCCCCOc1ccccc1C(Cl)C(=O)C(=O)OC. The zero-order chi connectivity index (χ0) is 21.3. The van der Waals surface area contributed by atoms with Gasteiger partial charge in [0.1, 0.15) is 11.1 Å². The highest BCUT2D eigenvalue weighted by molar-refractivity contribution is 6.47. The number of methoxy groups -OCH3 is 1. The lowest BCUT2D eigenvalue weighted by Crippen LogP contribution is -2.20. The van der Waals surface area contributed by atoms with Gasteiger partial charge < -0.3 is 9.47 Å². The van der Waals surface area contributed by atoms with Gasteiger partial charge in [-0.05, 0) is 12.5 Å². The smallest absolute Gasteiger partial charge is 0.376 e. The lowest BCUT2D eigenvalue weighted by atomic mass is 10.1. The van der Waals surface area contributed by atoms with Gasteiger partial charge in [0.15, 0.2) is 0 Å². The second kappa shape index (κ2) is 16.3. The van der Waals surface area contributed by atoms with Crippen molar-refractivity contribution in [2.75, 3.05) is 13.7 Å². The highest BCUT2D eigenvalue weighted by atomic mass is 35.5. The predicted octanol–water partition coefficient (Wildman–Crippen LogP) is 6.79. The number of esters is 1. The van der Waals surface area contributed by atoms with E-state index < -0.39 is 17.1 Å². The minimum Gasteiger partial charge on any atom is -0.493 e. The molecule has 4 nitrogen and oxygen atoms in total. The Labute approximate surface area is 181 Å². The molecule has 0 aliphatic carbocycles. The molecule has 5 heteroatoms. The number of hydrogen-bond acceptors (Lipinski definition) is 4. The van der Waals surface area contributed by atoms with Crippen LogP contribution in [0.4, 0.5) is 0 Å². The van der Waals surface area contributed by atoms with Crippen molar-refractivity contribution in [2.24, 2.45) is 0 Å². The van der Waals surface area contributed by atoms with Gasteiger partial charge in [-0.15, -0.1) is 11.6 Å². The summed E-state index contributed by atoms with van der Waals surface area (Å²) >= 11 is 6.16. The molecule has 1 aromatic carbocycles. The van der Waals surface area contributed by atoms with E-state index in [1.165, 1.54) is 71.3 Å². The molecule has 1 atom stereocenters. The van der Waals surface area contributed by atoms with Crippen molar-refractivity contribution in [1.82, 2.24) is 0 Å². The van der Waals surface area contributed by atoms with Gasteiger partial charge >= 0.3 is 5.97 Å². The average Bonchev–Trinajstić information content (AvgIpc) is 2.75. The average molecular weight is 425 g/mol. The number of carbonyl (C=O) groups excluding carboxylic acids is 2. The molecule has 0 spiro atoms. The standard InChI is InChI=1S/C24H37ClO4/c1-3-4-5-6-7-8-9-10-11-12-13-16-19-29-21-18-15-14-17-20(21)22(25)23(26)24(27)28-2/h14-15,17-18,22H,3-13,16,19H2,1-2H3. The fourth-order valence-electron chi connectivity index (χ4n) is 3.29. The number of unbranched alkanes of at least 4 members (excludes halogenated alkanes) is 11. The molecule has 0 N–H and O–H groups in total. The number of halogens is 1. The van der Waals surface area contributed by atoms with Gasteiger partial charge in [-0.3, -0.25) is 4.79 Å². The van der Waals surface area contributed by atoms with Gasteiger partial charge in [0.25, 0.3) is 5.78 Å². The van der Waals surface area contributed by atoms with Crippen LogP contribution in [0.1, 0.15) is 94.9 Å². The predicted molar refractivity (Wildman–Crippen MR) is 119 cm³/mol. The number of rotatable bonds is 17. The third-order valence-electron chi connectivity index (χ3n) is 5.06. The molecule has 0 saturated carbocycles. The Morgan fingerprint density at radius 2 is 1.38 bits per heavy atom. The number of carbonyl (C=O) groups is 2. The first-order chi connectivity index (χ1) is 14.1. The van der Waals surface area contributed by atoms with Gasteiger partial charge in [-0.1, -0.05) is 95.8 Å². The summed E-state index contributed by atoms with van der Waals surface area (Å²) in [5.74, 6) is -1.18. The summed E-state index contributed by atoms with van der Waals surface area (Å²) in [5, 5.41) is -1.10. The van der Waals surface area contributed by atoms with E-state index in [9.17, 15) is 9.59 Å². The first kappa shape index (κ1) is 25.5. The monoisotopic (exact) mass is 424 g/mol. The highest BCUT2D eigenvalue weighted by Crippen LogP contribution is 2.30. The molecule has 0 aliphatic heterocycles. The number of benzene rings is 1. The Hall–Kier alpha value is -1.55. The van der Waals surface area contributed by atoms with Gasteiger partial charge in [-0.25, -0.2) is 4.79 Å². The van der Waals surface area contributed by atoms with E-state index in [0.29, 0.717) is 17.9 Å². The molecule has 164 valence electrons. The second-order valence-electron chi connectivity index (χ2n) is 7.49. The second-order valence-corrected chi connectivity index (χ2v) is 7.93. The van der Waals surface area contributed by atoms with E-state index in [4.69, 9.17) is 16.3 Å². The van der Waals surface area contributed by atoms with Crippen LogP contribution in [0.15, 0.2) is 24.3 Å². The summed E-state index contributed by atoms with van der Waals surface area (Å²) in [7, 11) is 1.17. The van der Waals surface area contributed by atoms with Crippen LogP contribution in [0.25, 0.3) is 0 Å². The van der Waals surface area contributed by atoms with Crippen LogP contribution >= 0.6 is 11.6 Å². The maximum absolute atomic E-state index is 12.0. The summed E-state index contributed by atoms with van der Waals surface area (Å²) in [6, 6.07) is 7.07. The first-order valence-corrected chi connectivity index (χ1v) is 11.5. The van der Waals surface area contributed by atoms with Gasteiger partial charge in [-0.2, -0.15) is 0 Å². The fraction of sp³-hybridized carbons (Fsp3) is 0.667. The zero-order valence-corrected chi connectivity index (χ0v) is 18.8. The number of ketones is 1. The van der Waals surface area contributed by atoms with Crippen molar-refractivity contribution in [2.45, 2.75) is 89.4 Å². The van der Waals surface area contributed by atoms with E-state index in [1.54, 1.807) is 18.2 Å². The van der Waals surface area contributed by atoms with Crippen molar-refractivity contribution < 1.29 is 19.1 Å². The maximum Gasteiger partial charge on any atom is 0.376 e. The highest BCUT2D eigenvalue weighted by Gasteiger charge is 2.27. The third-order valence-corrected chi connectivity index (χ3v) is 5.50. The molecule has 0 aliphatic rings. The van der Waals surface area contributed by atoms with Crippen LogP contribution in [0.2, 0.25) is 0 Å². The van der Waals surface area contributed by atoms with E-state index in [1.807, 2.05) is 6.07 Å². The van der Waals surface area contributed by atoms with Crippen molar-refractivity contribution >= 4 is 23.4 Å². The molecule has 0 bridgehead atoms. The molecule has 0 amide bonds. The Morgan fingerprint density at radius 1 is 0.862 bits per heavy atom. The van der Waals surface area contributed by atoms with Gasteiger partial charge in [0, 0.05) is 5.56 Å². The van der Waals surface area contributed by atoms with Crippen molar-refractivity contribution in [3.63, 3.8) is 0 Å². The van der Waals surface area contributed by atoms with E-state index in [0.717, 1.165) is 12.8 Å². The van der Waals surface area contributed by atoms with Crippen LogP contribution in [-0.4, -0.2) is 25.5 Å². The molecule has 0 radical (unpaired) electrons. The van der Waals surface area contributed by atoms with Gasteiger partial charge in [0.2, 0.25) is 0 Å². The fourth-order valence-corrected chi connectivity index (χ4v) is 3.56. The molecular weight excluding hydrogens is 388 g/mol. The molecule has 0 saturated heterocycles. The molecule has 0 aromatic heterocycles. The lowest BCUT2D eigenvalue weighted by molar-refractivity contribution is -0.151. The van der Waals surface area contributed by atoms with E-state index >= 15 is 0 Å².